The fourth-order valence-corrected chi connectivity index (χ4v) is 4.99. The van der Waals surface area contributed by atoms with Crippen LogP contribution in [-0.2, 0) is 19.2 Å². The largest absolute Gasteiger partial charge is 0.281 e. The lowest BCUT2D eigenvalue weighted by atomic mass is 9.55. The molecule has 29 heavy (non-hydrogen) atoms. The number of amides is 4. The van der Waals surface area contributed by atoms with Crippen LogP contribution in [0.3, 0.4) is 0 Å². The first-order valence-corrected chi connectivity index (χ1v) is 11.6. The van der Waals surface area contributed by atoms with Crippen LogP contribution in [0.15, 0.2) is 0 Å². The van der Waals surface area contributed by atoms with Gasteiger partial charge in [-0.05, 0) is 25.7 Å². The number of hydrogen-bond acceptors (Lipinski definition) is 4. The Kier molecular flexibility index (Phi) is 8.41. The van der Waals surface area contributed by atoms with E-state index >= 15 is 0 Å². The molecule has 0 aromatic rings. The molecule has 2 rings (SSSR count). The quantitative estimate of drug-likeness (QED) is 0.364. The number of unbranched alkanes of at least 4 members (excludes halogenated alkanes) is 4. The number of fused-ring (bicyclic) bond motifs is 2. The van der Waals surface area contributed by atoms with E-state index in [0.717, 1.165) is 38.5 Å². The minimum atomic E-state index is -0.894. The third-order valence-electron chi connectivity index (χ3n) is 6.66. The van der Waals surface area contributed by atoms with E-state index in [4.69, 9.17) is 0 Å². The molecule has 6 nitrogen and oxygen atoms in total. The zero-order valence-corrected chi connectivity index (χ0v) is 18.7. The number of piperidine rings is 2. The van der Waals surface area contributed by atoms with Crippen LogP contribution < -0.4 is 0 Å². The molecule has 2 fully saturated rings. The normalized spacial score (nSPS) is 23.9. The van der Waals surface area contributed by atoms with Crippen molar-refractivity contribution < 1.29 is 19.2 Å². The number of hydrogen-bond donors (Lipinski definition) is 0. The van der Waals surface area contributed by atoms with Crippen LogP contribution in [0.5, 0.6) is 0 Å². The van der Waals surface area contributed by atoms with Crippen molar-refractivity contribution in [3.05, 3.63) is 0 Å². The van der Waals surface area contributed by atoms with Crippen LogP contribution >= 0.6 is 0 Å². The summed E-state index contributed by atoms with van der Waals surface area (Å²) in [5.41, 5.74) is -0.847. The van der Waals surface area contributed by atoms with Crippen molar-refractivity contribution in [2.75, 3.05) is 13.1 Å². The molecule has 2 saturated heterocycles. The van der Waals surface area contributed by atoms with Crippen LogP contribution in [0.4, 0.5) is 0 Å². The number of carbonyl (C=O) groups excluding carboxylic acids is 4. The van der Waals surface area contributed by atoms with Crippen molar-refractivity contribution in [2.24, 2.45) is 17.3 Å². The molecule has 0 atom stereocenters. The smallest absolute Gasteiger partial charge is 0.242 e. The van der Waals surface area contributed by atoms with Gasteiger partial charge in [-0.25, -0.2) is 0 Å². The molecule has 0 saturated carbocycles. The number of likely N-dealkylation sites (tertiary alicyclic amines) is 2. The van der Waals surface area contributed by atoms with Gasteiger partial charge in [-0.1, -0.05) is 66.2 Å². The van der Waals surface area contributed by atoms with Gasteiger partial charge in [0.05, 0.1) is 0 Å². The van der Waals surface area contributed by atoms with Crippen LogP contribution in [-0.4, -0.2) is 46.5 Å². The topological polar surface area (TPSA) is 74.8 Å². The highest BCUT2D eigenvalue weighted by atomic mass is 16.2. The van der Waals surface area contributed by atoms with Gasteiger partial charge in [0.1, 0.15) is 11.8 Å². The van der Waals surface area contributed by atoms with Crippen molar-refractivity contribution in [1.82, 2.24) is 9.80 Å². The zero-order valence-electron chi connectivity index (χ0n) is 18.7. The minimum absolute atomic E-state index is 0.300. The predicted octanol–water partition coefficient (Wildman–Crippen LogP) is 3.92. The second-order valence-electron chi connectivity index (χ2n) is 8.67. The van der Waals surface area contributed by atoms with E-state index in [0.29, 0.717) is 38.8 Å². The van der Waals surface area contributed by atoms with E-state index in [-0.39, 0.29) is 23.6 Å². The van der Waals surface area contributed by atoms with Gasteiger partial charge in [0.15, 0.2) is 0 Å². The Morgan fingerprint density at radius 3 is 1.17 bits per heavy atom. The zero-order chi connectivity index (χ0) is 21.6. The lowest BCUT2D eigenvalue weighted by Gasteiger charge is -2.54. The molecule has 0 unspecified atom stereocenters. The van der Waals surface area contributed by atoms with E-state index in [9.17, 15) is 19.2 Å². The van der Waals surface area contributed by atoms with Crippen LogP contribution in [0.2, 0.25) is 0 Å². The van der Waals surface area contributed by atoms with Gasteiger partial charge < -0.3 is 0 Å². The van der Waals surface area contributed by atoms with Crippen LogP contribution in [0, 0.1) is 17.3 Å². The number of imide groups is 2. The highest BCUT2D eigenvalue weighted by Gasteiger charge is 2.67. The van der Waals surface area contributed by atoms with Gasteiger partial charge in [0.2, 0.25) is 23.6 Å². The molecule has 0 aromatic carbocycles. The summed E-state index contributed by atoms with van der Waals surface area (Å²) >= 11 is 0. The van der Waals surface area contributed by atoms with Gasteiger partial charge in [0, 0.05) is 18.5 Å². The maximum atomic E-state index is 13.5. The van der Waals surface area contributed by atoms with Crippen molar-refractivity contribution in [2.45, 2.75) is 91.9 Å². The Morgan fingerprint density at radius 2 is 0.897 bits per heavy atom. The van der Waals surface area contributed by atoms with Gasteiger partial charge in [-0.2, -0.15) is 0 Å². The highest BCUT2D eigenvalue weighted by Crippen LogP contribution is 2.53. The number of carbonyl (C=O) groups is 4. The molecule has 4 amide bonds. The van der Waals surface area contributed by atoms with Crippen molar-refractivity contribution in [3.63, 3.8) is 0 Å². The standard InChI is InChI=1S/C23H38N2O4/c1-5-9-13-23(14-10-6-2)17-19(26)24(15-11-7-3)20(27)18(23)22(29)25(21(17)28)16-12-8-4/h17-18H,5-16H2,1-4H3. The lowest BCUT2D eigenvalue weighted by Crippen LogP contribution is -2.71. The summed E-state index contributed by atoms with van der Waals surface area (Å²) in [6.07, 6.45) is 7.64. The van der Waals surface area contributed by atoms with Crippen LogP contribution in [0.1, 0.15) is 91.9 Å². The predicted molar refractivity (Wildman–Crippen MR) is 112 cm³/mol. The third-order valence-corrected chi connectivity index (χ3v) is 6.66. The first kappa shape index (κ1) is 23.6. The average Bonchev–Trinajstić information content (AvgIpc) is 2.70. The van der Waals surface area contributed by atoms with E-state index in [1.165, 1.54) is 9.80 Å². The Balaban J connectivity index is 2.56. The number of rotatable bonds is 12. The molecule has 164 valence electrons. The average molecular weight is 407 g/mol. The van der Waals surface area contributed by atoms with E-state index < -0.39 is 17.3 Å². The van der Waals surface area contributed by atoms with E-state index in [2.05, 4.69) is 13.8 Å². The third kappa shape index (κ3) is 4.26. The van der Waals surface area contributed by atoms with Gasteiger partial charge in [-0.3, -0.25) is 29.0 Å². The van der Waals surface area contributed by atoms with Crippen molar-refractivity contribution in [3.8, 4) is 0 Å². The SMILES string of the molecule is CCCCN1C(=O)C2C(=O)N(CCCC)C(=O)C(C1=O)C2(CCCC)CCCC. The highest BCUT2D eigenvalue weighted by molar-refractivity contribution is 6.22. The summed E-state index contributed by atoms with van der Waals surface area (Å²) in [5.74, 6) is -3.27. The first-order chi connectivity index (χ1) is 13.9. The molecular formula is C23H38N2O4. The molecule has 0 aromatic heterocycles. The molecule has 0 radical (unpaired) electrons. The van der Waals surface area contributed by atoms with Gasteiger partial charge in [0.25, 0.3) is 0 Å². The fourth-order valence-electron chi connectivity index (χ4n) is 4.99. The summed E-state index contributed by atoms with van der Waals surface area (Å²) in [7, 11) is 0. The molecular weight excluding hydrogens is 368 g/mol. The molecule has 2 aliphatic heterocycles. The Morgan fingerprint density at radius 1 is 0.586 bits per heavy atom. The molecule has 2 bridgehead atoms. The second-order valence-corrected chi connectivity index (χ2v) is 8.67. The van der Waals surface area contributed by atoms with Crippen molar-refractivity contribution >= 4 is 23.6 Å². The summed E-state index contributed by atoms with van der Waals surface area (Å²) in [6.45, 7) is 8.70. The van der Waals surface area contributed by atoms with E-state index in [1.807, 2.05) is 13.8 Å². The first-order valence-electron chi connectivity index (χ1n) is 11.6. The molecule has 0 spiro atoms. The summed E-state index contributed by atoms with van der Waals surface area (Å²) in [5, 5.41) is 0. The Bertz CT molecular complexity index is 544. The summed E-state index contributed by atoms with van der Waals surface area (Å²) in [6, 6.07) is 0. The van der Waals surface area contributed by atoms with Crippen LogP contribution in [0.25, 0.3) is 0 Å². The van der Waals surface area contributed by atoms with E-state index in [1.54, 1.807) is 0 Å². The Labute approximate surface area is 175 Å². The number of nitrogens with zero attached hydrogens (tertiary/aromatic N) is 2. The van der Waals surface area contributed by atoms with Gasteiger partial charge >= 0.3 is 0 Å². The molecule has 0 N–H and O–H groups in total. The van der Waals surface area contributed by atoms with Gasteiger partial charge in [-0.15, -0.1) is 0 Å². The molecule has 2 heterocycles. The maximum Gasteiger partial charge on any atom is 0.242 e. The monoisotopic (exact) mass is 406 g/mol. The molecule has 0 aliphatic carbocycles. The fraction of sp³-hybridized carbons (Fsp3) is 0.826. The molecule has 2 aliphatic rings. The maximum absolute atomic E-state index is 13.5. The summed E-state index contributed by atoms with van der Waals surface area (Å²) < 4.78 is 0. The van der Waals surface area contributed by atoms with Crippen molar-refractivity contribution in [1.29, 1.82) is 0 Å². The second kappa shape index (κ2) is 10.4. The Hall–Kier alpha value is -1.72. The summed E-state index contributed by atoms with van der Waals surface area (Å²) in [4.78, 5) is 56.4. The minimum Gasteiger partial charge on any atom is -0.281 e. The molecule has 6 heteroatoms. The lowest BCUT2D eigenvalue weighted by molar-refractivity contribution is -0.188.